The van der Waals surface area contributed by atoms with Gasteiger partial charge in [-0.25, -0.2) is 0 Å². The maximum atomic E-state index is 12.1. The van der Waals surface area contributed by atoms with E-state index in [1.54, 1.807) is 0 Å². The van der Waals surface area contributed by atoms with Gasteiger partial charge >= 0.3 is 0 Å². The van der Waals surface area contributed by atoms with Gasteiger partial charge in [-0.15, -0.1) is 0 Å². The van der Waals surface area contributed by atoms with Crippen LogP contribution >= 0.6 is 0 Å². The molecule has 5 nitrogen and oxygen atoms in total. The van der Waals surface area contributed by atoms with Crippen molar-refractivity contribution in [3.05, 3.63) is 35.4 Å². The Bertz CT molecular complexity index is 481. The van der Waals surface area contributed by atoms with Crippen LogP contribution in [0.25, 0.3) is 0 Å². The number of rotatable bonds is 6. The second kappa shape index (κ2) is 8.27. The van der Waals surface area contributed by atoms with Gasteiger partial charge in [0.05, 0.1) is 0 Å². The van der Waals surface area contributed by atoms with Crippen molar-refractivity contribution < 1.29 is 4.79 Å². The summed E-state index contributed by atoms with van der Waals surface area (Å²) in [5.41, 5.74) is 7.63. The predicted molar refractivity (Wildman–Crippen MR) is 89.8 cm³/mol. The van der Waals surface area contributed by atoms with Gasteiger partial charge in [-0.3, -0.25) is 9.69 Å². The quantitative estimate of drug-likeness (QED) is 0.820. The zero-order chi connectivity index (χ0) is 15.9. The summed E-state index contributed by atoms with van der Waals surface area (Å²) in [6.45, 7) is 7.87. The lowest BCUT2D eigenvalue weighted by molar-refractivity contribution is 0.0952. The van der Waals surface area contributed by atoms with Crippen molar-refractivity contribution in [2.24, 2.45) is 5.73 Å². The Morgan fingerprint density at radius 3 is 2.73 bits per heavy atom. The molecule has 1 aromatic rings. The molecule has 0 bridgehead atoms. The minimum absolute atomic E-state index is 0.0131. The second-order valence-corrected chi connectivity index (χ2v) is 6.30. The van der Waals surface area contributed by atoms with Crippen LogP contribution in [0.2, 0.25) is 0 Å². The molecule has 3 N–H and O–H groups in total. The highest BCUT2D eigenvalue weighted by Gasteiger charge is 2.14. The number of carbonyl (C=O) groups excluding carboxylic acids is 1. The fourth-order valence-electron chi connectivity index (χ4n) is 2.59. The minimum atomic E-state index is -0.0131. The zero-order valence-electron chi connectivity index (χ0n) is 13.7. The fourth-order valence-corrected chi connectivity index (χ4v) is 2.59. The van der Waals surface area contributed by atoms with E-state index in [1.165, 1.54) is 5.56 Å². The molecule has 1 aliphatic rings. The first-order valence-electron chi connectivity index (χ1n) is 8.08. The van der Waals surface area contributed by atoms with Crippen LogP contribution in [0.4, 0.5) is 0 Å². The van der Waals surface area contributed by atoms with E-state index in [9.17, 15) is 4.79 Å². The average molecular weight is 304 g/mol. The molecule has 0 aliphatic carbocycles. The number of benzene rings is 1. The zero-order valence-corrected chi connectivity index (χ0v) is 13.7. The molecule has 1 fully saturated rings. The third-order valence-electron chi connectivity index (χ3n) is 4.08. The van der Waals surface area contributed by atoms with Gasteiger partial charge < -0.3 is 16.0 Å². The predicted octanol–water partition coefficient (Wildman–Crippen LogP) is 0.901. The molecule has 1 amide bonds. The topological polar surface area (TPSA) is 61.6 Å². The van der Waals surface area contributed by atoms with Crippen LogP contribution in [-0.4, -0.2) is 61.5 Å². The number of nitrogens with two attached hydrogens (primary N) is 1. The van der Waals surface area contributed by atoms with Gasteiger partial charge in [0.1, 0.15) is 0 Å². The third kappa shape index (κ3) is 5.40. The van der Waals surface area contributed by atoms with E-state index in [2.05, 4.69) is 28.2 Å². The van der Waals surface area contributed by atoms with Crippen LogP contribution in [0.1, 0.15) is 29.3 Å². The third-order valence-corrected chi connectivity index (χ3v) is 4.08. The van der Waals surface area contributed by atoms with Gasteiger partial charge in [-0.05, 0) is 38.1 Å². The van der Waals surface area contributed by atoms with Gasteiger partial charge in [0.15, 0.2) is 0 Å². The normalized spacial score (nSPS) is 18.1. The van der Waals surface area contributed by atoms with Crippen molar-refractivity contribution in [2.75, 3.05) is 39.8 Å². The number of nitrogens with one attached hydrogen (secondary N) is 1. The standard InChI is InChI=1S/C17H28N4O/c1-14(18)6-7-19-17(22)16-5-3-4-15(12-16)13-21-10-8-20(2)9-11-21/h3-5,12,14H,6-11,13,18H2,1-2H3,(H,19,22). The van der Waals surface area contributed by atoms with Gasteiger partial charge in [0, 0.05) is 50.9 Å². The van der Waals surface area contributed by atoms with E-state index in [1.807, 2.05) is 25.1 Å². The molecule has 1 saturated heterocycles. The fraction of sp³-hybridized carbons (Fsp3) is 0.588. The summed E-state index contributed by atoms with van der Waals surface area (Å²) in [5, 5.41) is 2.93. The molecule has 5 heteroatoms. The van der Waals surface area contributed by atoms with E-state index < -0.39 is 0 Å². The number of hydrogen-bond donors (Lipinski definition) is 2. The van der Waals surface area contributed by atoms with E-state index in [0.29, 0.717) is 6.54 Å². The number of carbonyl (C=O) groups is 1. The number of amides is 1. The van der Waals surface area contributed by atoms with Gasteiger partial charge in [0.25, 0.3) is 5.91 Å². The first-order chi connectivity index (χ1) is 10.5. The summed E-state index contributed by atoms with van der Waals surface area (Å²) in [4.78, 5) is 16.9. The van der Waals surface area contributed by atoms with E-state index in [-0.39, 0.29) is 11.9 Å². The Hall–Kier alpha value is -1.43. The van der Waals surface area contributed by atoms with Crippen molar-refractivity contribution in [3.63, 3.8) is 0 Å². The number of hydrogen-bond acceptors (Lipinski definition) is 4. The number of likely N-dealkylation sites (N-methyl/N-ethyl adjacent to an activating group) is 1. The van der Waals surface area contributed by atoms with Crippen LogP contribution in [0.15, 0.2) is 24.3 Å². The Morgan fingerprint density at radius 2 is 2.05 bits per heavy atom. The first kappa shape index (κ1) is 16.9. The maximum Gasteiger partial charge on any atom is 0.251 e. The minimum Gasteiger partial charge on any atom is -0.352 e. The molecule has 1 aliphatic heterocycles. The summed E-state index contributed by atoms with van der Waals surface area (Å²) in [7, 11) is 2.16. The molecule has 1 atom stereocenters. The van der Waals surface area contributed by atoms with Crippen LogP contribution in [0.3, 0.4) is 0 Å². The molecule has 0 radical (unpaired) electrons. The lowest BCUT2D eigenvalue weighted by Gasteiger charge is -2.32. The van der Waals surface area contributed by atoms with Gasteiger partial charge in [-0.2, -0.15) is 0 Å². The van der Waals surface area contributed by atoms with Gasteiger partial charge in [-0.1, -0.05) is 12.1 Å². The first-order valence-corrected chi connectivity index (χ1v) is 8.08. The van der Waals surface area contributed by atoms with Crippen LogP contribution in [-0.2, 0) is 6.54 Å². The number of piperazine rings is 1. The van der Waals surface area contributed by atoms with E-state index in [4.69, 9.17) is 5.73 Å². The molecule has 1 heterocycles. The molecule has 1 aromatic carbocycles. The summed E-state index contributed by atoms with van der Waals surface area (Å²) in [6.07, 6.45) is 0.798. The Labute approximate surface area is 133 Å². The SMILES string of the molecule is CC(N)CCNC(=O)c1cccc(CN2CCN(C)CC2)c1. The highest BCUT2D eigenvalue weighted by atomic mass is 16.1. The van der Waals surface area contributed by atoms with Crippen molar-refractivity contribution in [1.82, 2.24) is 15.1 Å². The molecule has 1 unspecified atom stereocenters. The monoisotopic (exact) mass is 304 g/mol. The summed E-state index contributed by atoms with van der Waals surface area (Å²) in [5.74, 6) is -0.0131. The maximum absolute atomic E-state index is 12.1. The summed E-state index contributed by atoms with van der Waals surface area (Å²) in [6, 6.07) is 8.04. The summed E-state index contributed by atoms with van der Waals surface area (Å²) >= 11 is 0. The molecule has 0 saturated carbocycles. The van der Waals surface area contributed by atoms with Crippen LogP contribution < -0.4 is 11.1 Å². The smallest absolute Gasteiger partial charge is 0.251 e. The molecule has 0 spiro atoms. The highest BCUT2D eigenvalue weighted by molar-refractivity contribution is 5.94. The molecule has 22 heavy (non-hydrogen) atoms. The summed E-state index contributed by atoms with van der Waals surface area (Å²) < 4.78 is 0. The molecule has 0 aromatic heterocycles. The van der Waals surface area contributed by atoms with E-state index in [0.717, 1.165) is 44.7 Å². The molecule has 2 rings (SSSR count). The second-order valence-electron chi connectivity index (χ2n) is 6.30. The van der Waals surface area contributed by atoms with Crippen LogP contribution in [0.5, 0.6) is 0 Å². The largest absolute Gasteiger partial charge is 0.352 e. The lowest BCUT2D eigenvalue weighted by Crippen LogP contribution is -2.43. The van der Waals surface area contributed by atoms with Gasteiger partial charge in [0.2, 0.25) is 0 Å². The lowest BCUT2D eigenvalue weighted by atomic mass is 10.1. The Kier molecular flexibility index (Phi) is 6.36. The Balaban J connectivity index is 1.87. The highest BCUT2D eigenvalue weighted by Crippen LogP contribution is 2.10. The van der Waals surface area contributed by atoms with Crippen molar-refractivity contribution in [3.8, 4) is 0 Å². The average Bonchev–Trinajstić information content (AvgIpc) is 2.49. The Morgan fingerprint density at radius 1 is 1.32 bits per heavy atom. The molecular formula is C17H28N4O. The number of nitrogens with zero attached hydrogens (tertiary/aromatic N) is 2. The van der Waals surface area contributed by atoms with Crippen molar-refractivity contribution in [1.29, 1.82) is 0 Å². The molecule has 122 valence electrons. The van der Waals surface area contributed by atoms with E-state index >= 15 is 0 Å². The molecular weight excluding hydrogens is 276 g/mol. The van der Waals surface area contributed by atoms with Crippen molar-refractivity contribution in [2.45, 2.75) is 25.9 Å². The van der Waals surface area contributed by atoms with Crippen LogP contribution in [0, 0.1) is 0 Å². The van der Waals surface area contributed by atoms with Crippen molar-refractivity contribution >= 4 is 5.91 Å².